The van der Waals surface area contributed by atoms with Crippen LogP contribution in [0.15, 0.2) is 78.6 Å². The maximum Gasteiger partial charge on any atom is 0.224 e. The Morgan fingerprint density at radius 3 is 2.65 bits per heavy atom. The Balaban J connectivity index is 1.08. The van der Waals surface area contributed by atoms with E-state index < -0.39 is 0 Å². The van der Waals surface area contributed by atoms with E-state index in [9.17, 15) is 9.59 Å². The highest BCUT2D eigenvalue weighted by atomic mass is 16.5. The number of rotatable bonds is 8. The Kier molecular flexibility index (Phi) is 6.95. The van der Waals surface area contributed by atoms with Gasteiger partial charge in [0.25, 0.3) is 0 Å². The summed E-state index contributed by atoms with van der Waals surface area (Å²) in [6.07, 6.45) is 17.5. The van der Waals surface area contributed by atoms with Gasteiger partial charge in [0.15, 0.2) is 5.78 Å². The lowest BCUT2D eigenvalue weighted by molar-refractivity contribution is -0.121. The van der Waals surface area contributed by atoms with Gasteiger partial charge in [-0.2, -0.15) is 0 Å². The fourth-order valence-electron chi connectivity index (χ4n) is 5.70. The first-order valence-electron chi connectivity index (χ1n) is 12.4. The van der Waals surface area contributed by atoms with E-state index in [1.807, 2.05) is 48.8 Å². The van der Waals surface area contributed by atoms with Crippen LogP contribution in [0.3, 0.4) is 0 Å². The summed E-state index contributed by atoms with van der Waals surface area (Å²) in [5.74, 6) is 1.00. The van der Waals surface area contributed by atoms with Crippen molar-refractivity contribution in [3.8, 4) is 0 Å². The molecule has 1 aromatic rings. The van der Waals surface area contributed by atoms with Gasteiger partial charge in [-0.1, -0.05) is 42.5 Å². The number of fused-ring (bicyclic) bond motifs is 2. The largest absolute Gasteiger partial charge is 0.462 e. The van der Waals surface area contributed by atoms with Crippen LogP contribution in [0.2, 0.25) is 0 Å². The molecule has 34 heavy (non-hydrogen) atoms. The molecule has 2 atom stereocenters. The summed E-state index contributed by atoms with van der Waals surface area (Å²) in [7, 11) is 0. The number of ketones is 1. The van der Waals surface area contributed by atoms with Gasteiger partial charge in [-0.15, -0.1) is 0 Å². The molecule has 0 spiro atoms. The number of allylic oxidation sites excluding steroid dienone is 4. The molecule has 0 aromatic heterocycles. The maximum atomic E-state index is 12.5. The van der Waals surface area contributed by atoms with E-state index in [4.69, 9.17) is 4.74 Å². The number of hydrogen-bond donors (Lipinski definition) is 1. The molecule has 0 radical (unpaired) electrons. The van der Waals surface area contributed by atoms with Crippen molar-refractivity contribution >= 4 is 11.7 Å². The zero-order valence-electron chi connectivity index (χ0n) is 19.6. The molecule has 3 heterocycles. The third-order valence-electron chi connectivity index (χ3n) is 7.28. The first-order chi connectivity index (χ1) is 16.6. The summed E-state index contributed by atoms with van der Waals surface area (Å²) in [5, 5.41) is 3.30. The predicted molar refractivity (Wildman–Crippen MR) is 131 cm³/mol. The molecule has 2 unspecified atom stereocenters. The number of ether oxygens (including phenoxy) is 1. The average Bonchev–Trinajstić information content (AvgIpc) is 3.07. The molecule has 2 fully saturated rings. The molecular formula is C28H33N3O3. The molecule has 1 N–H and O–H groups in total. The molecule has 1 aromatic carbocycles. The van der Waals surface area contributed by atoms with Gasteiger partial charge >= 0.3 is 0 Å². The first-order valence-corrected chi connectivity index (χ1v) is 12.4. The summed E-state index contributed by atoms with van der Waals surface area (Å²) in [6, 6.07) is 11.4. The van der Waals surface area contributed by atoms with Crippen LogP contribution < -0.4 is 5.32 Å². The fraction of sp³-hybridized carbons (Fsp3) is 0.429. The Morgan fingerprint density at radius 2 is 1.88 bits per heavy atom. The van der Waals surface area contributed by atoms with Gasteiger partial charge < -0.3 is 15.0 Å². The number of amides is 1. The fourth-order valence-corrected chi connectivity index (χ4v) is 5.70. The summed E-state index contributed by atoms with van der Waals surface area (Å²) in [4.78, 5) is 29.1. The predicted octanol–water partition coefficient (Wildman–Crippen LogP) is 3.83. The minimum Gasteiger partial charge on any atom is -0.462 e. The number of nitrogens with one attached hydrogen (secondary N) is 1. The minimum absolute atomic E-state index is 0.109. The summed E-state index contributed by atoms with van der Waals surface area (Å²) < 4.78 is 5.66. The second kappa shape index (κ2) is 10.4. The van der Waals surface area contributed by atoms with Crippen molar-refractivity contribution in [2.24, 2.45) is 0 Å². The average molecular weight is 460 g/mol. The number of piperidine rings is 1. The van der Waals surface area contributed by atoms with Crippen LogP contribution in [0.25, 0.3) is 0 Å². The zero-order chi connectivity index (χ0) is 23.3. The smallest absolute Gasteiger partial charge is 0.224 e. The van der Waals surface area contributed by atoms with E-state index in [0.717, 1.165) is 49.2 Å². The van der Waals surface area contributed by atoms with Crippen molar-refractivity contribution in [2.45, 2.75) is 63.1 Å². The second-order valence-electron chi connectivity index (χ2n) is 9.70. The standard InChI is InChI=1S/C28H33N3O3/c32-26-9-4-8-22(17-26)27-20-30(14-15-34-27)12-5-13-31-24-10-11-25(31)19-23(18-24)29-28(33)16-21-6-2-1-3-7-21/h1-4,6-9,14-15,20,23-25H,5,10-13,16-19H2,(H,29,33). The van der Waals surface area contributed by atoms with Gasteiger partial charge in [0.05, 0.1) is 6.42 Å². The van der Waals surface area contributed by atoms with E-state index in [0.29, 0.717) is 24.9 Å². The van der Waals surface area contributed by atoms with Gasteiger partial charge in [-0.3, -0.25) is 14.5 Å². The van der Waals surface area contributed by atoms with Crippen LogP contribution in [-0.4, -0.2) is 52.7 Å². The molecule has 6 nitrogen and oxygen atoms in total. The van der Waals surface area contributed by atoms with Gasteiger partial charge in [0.1, 0.15) is 12.0 Å². The molecule has 3 aliphatic heterocycles. The van der Waals surface area contributed by atoms with Crippen molar-refractivity contribution < 1.29 is 14.3 Å². The van der Waals surface area contributed by atoms with Gasteiger partial charge in [-0.05, 0) is 43.7 Å². The highest BCUT2D eigenvalue weighted by Crippen LogP contribution is 2.36. The molecule has 5 rings (SSSR count). The second-order valence-corrected chi connectivity index (χ2v) is 9.70. The Morgan fingerprint density at radius 1 is 1.09 bits per heavy atom. The minimum atomic E-state index is 0.109. The van der Waals surface area contributed by atoms with E-state index in [1.165, 1.54) is 12.8 Å². The van der Waals surface area contributed by atoms with Crippen molar-refractivity contribution in [3.63, 3.8) is 0 Å². The van der Waals surface area contributed by atoms with Crippen LogP contribution in [-0.2, 0) is 20.7 Å². The molecule has 2 bridgehead atoms. The normalized spacial score (nSPS) is 26.2. The lowest BCUT2D eigenvalue weighted by atomic mass is 9.96. The van der Waals surface area contributed by atoms with E-state index >= 15 is 0 Å². The molecule has 1 aliphatic carbocycles. The van der Waals surface area contributed by atoms with E-state index in [1.54, 1.807) is 18.4 Å². The van der Waals surface area contributed by atoms with E-state index in [-0.39, 0.29) is 17.7 Å². The molecule has 1 amide bonds. The van der Waals surface area contributed by atoms with Crippen molar-refractivity contribution in [3.05, 3.63) is 84.1 Å². The van der Waals surface area contributed by atoms with Crippen molar-refractivity contribution in [2.75, 3.05) is 13.1 Å². The van der Waals surface area contributed by atoms with Crippen LogP contribution >= 0.6 is 0 Å². The lowest BCUT2D eigenvalue weighted by Crippen LogP contribution is -2.51. The zero-order valence-corrected chi connectivity index (χ0v) is 19.6. The molecule has 2 saturated heterocycles. The SMILES string of the molecule is O=C1C=CC=C(C2=CN(CCCN3C4CCC3CC(NC(=O)Cc3ccccc3)C4)C=CO2)C1. The van der Waals surface area contributed by atoms with Crippen LogP contribution in [0.1, 0.15) is 44.1 Å². The third-order valence-corrected chi connectivity index (χ3v) is 7.28. The molecule has 0 saturated carbocycles. The van der Waals surface area contributed by atoms with Crippen molar-refractivity contribution in [1.82, 2.24) is 15.1 Å². The van der Waals surface area contributed by atoms with Gasteiger partial charge in [0.2, 0.25) is 5.91 Å². The first kappa shape index (κ1) is 22.7. The highest BCUT2D eigenvalue weighted by Gasteiger charge is 2.40. The summed E-state index contributed by atoms with van der Waals surface area (Å²) >= 11 is 0. The quantitative estimate of drug-likeness (QED) is 0.640. The lowest BCUT2D eigenvalue weighted by Gasteiger charge is -2.39. The van der Waals surface area contributed by atoms with Crippen molar-refractivity contribution in [1.29, 1.82) is 0 Å². The molecule has 178 valence electrons. The topological polar surface area (TPSA) is 61.9 Å². The molecule has 4 aliphatic rings. The van der Waals surface area contributed by atoms with E-state index in [2.05, 4.69) is 15.1 Å². The Labute approximate surface area is 201 Å². The maximum absolute atomic E-state index is 12.5. The van der Waals surface area contributed by atoms with Crippen LogP contribution in [0.4, 0.5) is 0 Å². The van der Waals surface area contributed by atoms with Gasteiger partial charge in [-0.25, -0.2) is 0 Å². The monoisotopic (exact) mass is 459 g/mol. The number of carbonyl (C=O) groups excluding carboxylic acids is 2. The highest BCUT2D eigenvalue weighted by molar-refractivity contribution is 5.93. The summed E-state index contributed by atoms with van der Waals surface area (Å²) in [6.45, 7) is 1.98. The Hall–Kier alpha value is -3.12. The third kappa shape index (κ3) is 5.50. The van der Waals surface area contributed by atoms with Gasteiger partial charge in [0, 0.05) is 55.6 Å². The number of hydrogen-bond acceptors (Lipinski definition) is 5. The number of carbonyl (C=O) groups is 2. The molecular weight excluding hydrogens is 426 g/mol. The number of benzene rings is 1. The molecule has 6 heteroatoms. The van der Waals surface area contributed by atoms with Crippen LogP contribution in [0.5, 0.6) is 0 Å². The van der Waals surface area contributed by atoms with Crippen LogP contribution in [0, 0.1) is 0 Å². The Bertz CT molecular complexity index is 1010. The number of nitrogens with zero attached hydrogens (tertiary/aromatic N) is 2. The summed E-state index contributed by atoms with van der Waals surface area (Å²) in [5.41, 5.74) is 1.99.